The number of hydrogen-bond donors (Lipinski definition) is 1. The van der Waals surface area contributed by atoms with E-state index in [1.54, 1.807) is 26.1 Å². The van der Waals surface area contributed by atoms with Gasteiger partial charge in [-0.1, -0.05) is 18.2 Å². The smallest absolute Gasteiger partial charge is 0.350 e. The predicted molar refractivity (Wildman–Crippen MR) is 123 cm³/mol. The number of amides is 1. The summed E-state index contributed by atoms with van der Waals surface area (Å²) in [5.74, 6) is -2.70. The lowest BCUT2D eigenvalue weighted by atomic mass is 10.2. The van der Waals surface area contributed by atoms with Crippen molar-refractivity contribution in [2.45, 2.75) is 51.0 Å². The van der Waals surface area contributed by atoms with E-state index in [1.807, 2.05) is 25.1 Å². The summed E-state index contributed by atoms with van der Waals surface area (Å²) >= 11 is 0. The van der Waals surface area contributed by atoms with Crippen LogP contribution in [-0.4, -0.2) is 59.1 Å². The second kappa shape index (κ2) is 11.8. The number of carbonyl (C=O) groups excluding carboxylic acids is 1. The summed E-state index contributed by atoms with van der Waals surface area (Å²) in [4.78, 5) is 28.1. The molecule has 0 spiro atoms. The average Bonchev–Trinajstić information content (AvgIpc) is 3.10. The minimum Gasteiger partial charge on any atom is -0.436 e. The molecule has 1 aromatic heterocycles. The van der Waals surface area contributed by atoms with Crippen LogP contribution in [0.5, 0.6) is 5.75 Å². The number of carbonyl (C=O) groups is 1. The van der Waals surface area contributed by atoms with Crippen LogP contribution < -0.4 is 15.3 Å². The Bertz CT molecular complexity index is 997. The molecule has 1 aliphatic heterocycles. The second-order valence-electron chi connectivity index (χ2n) is 8.20. The number of hydrogen-bond acceptors (Lipinski definition) is 7. The van der Waals surface area contributed by atoms with Crippen molar-refractivity contribution >= 4 is 14.9 Å². The first-order valence-electron chi connectivity index (χ1n) is 10.8. The van der Waals surface area contributed by atoms with Gasteiger partial charge in [0.2, 0.25) is 12.6 Å². The van der Waals surface area contributed by atoms with Gasteiger partial charge in [0, 0.05) is 37.9 Å². The number of nitrogens with one attached hydrogen (secondary N) is 1. The molecule has 2 aromatic rings. The summed E-state index contributed by atoms with van der Waals surface area (Å²) in [6, 6.07) is 10.4. The zero-order valence-electron chi connectivity index (χ0n) is 19.3. The molecule has 4 atom stereocenters. The molecular formula is C22H29F2N4O5P. The zero-order chi connectivity index (χ0) is 24.7. The molecule has 1 aliphatic rings. The van der Waals surface area contributed by atoms with Gasteiger partial charge in [0.1, 0.15) is 5.75 Å². The van der Waals surface area contributed by atoms with E-state index in [-0.39, 0.29) is 12.6 Å². The molecule has 0 aliphatic carbocycles. The topological polar surface area (TPSA) is 94.9 Å². The molecule has 3 rings (SSSR count). The van der Waals surface area contributed by atoms with Crippen LogP contribution in [-0.2, 0) is 14.1 Å². The normalized spacial score (nSPS) is 21.1. The fraction of sp³-hybridized carbons (Fsp3) is 0.500. The Balaban J connectivity index is 1.64. The van der Waals surface area contributed by atoms with E-state index in [1.165, 1.54) is 17.2 Å². The molecule has 1 aromatic carbocycles. The number of halogens is 2. The third-order valence-corrected chi connectivity index (χ3v) is 6.55. The first kappa shape index (κ1) is 26.2. The van der Waals surface area contributed by atoms with Crippen LogP contribution >= 0.6 is 8.53 Å². The molecule has 12 heteroatoms. The third kappa shape index (κ3) is 7.27. The Morgan fingerprint density at radius 1 is 1.38 bits per heavy atom. The predicted octanol–water partition coefficient (Wildman–Crippen LogP) is 3.25. The fourth-order valence-corrected chi connectivity index (χ4v) is 4.57. The van der Waals surface area contributed by atoms with Crippen LogP contribution in [0.25, 0.3) is 0 Å². The molecule has 0 radical (unpaired) electrons. The lowest BCUT2D eigenvalue weighted by Gasteiger charge is -2.24. The Kier molecular flexibility index (Phi) is 9.07. The van der Waals surface area contributed by atoms with E-state index >= 15 is 0 Å². The molecule has 1 amide bonds. The van der Waals surface area contributed by atoms with E-state index in [2.05, 4.69) is 10.1 Å². The number of aromatic nitrogens is 2. The number of ether oxygens (including phenoxy) is 1. The molecule has 34 heavy (non-hydrogen) atoms. The van der Waals surface area contributed by atoms with Crippen molar-refractivity contribution < 1.29 is 27.4 Å². The molecule has 0 saturated carbocycles. The number of rotatable bonds is 12. The Morgan fingerprint density at radius 2 is 2.12 bits per heavy atom. The SMILES string of the molecule is Cc1ccn(C2OC(CO[P@](NC(C)CCN(C)C=O)Oc3ccccc3)CC2(F)F)c(=O)n1. The summed E-state index contributed by atoms with van der Waals surface area (Å²) in [6.45, 7) is 3.90. The van der Waals surface area contributed by atoms with Crippen molar-refractivity contribution in [3.05, 3.63) is 58.8 Å². The van der Waals surface area contributed by atoms with Gasteiger partial charge in [0.25, 0.3) is 5.92 Å². The highest BCUT2D eigenvalue weighted by atomic mass is 31.2. The van der Waals surface area contributed by atoms with Crippen LogP contribution in [0.4, 0.5) is 8.78 Å². The molecule has 1 saturated heterocycles. The number of benzene rings is 1. The van der Waals surface area contributed by atoms with Crippen molar-refractivity contribution in [3.8, 4) is 5.75 Å². The second-order valence-corrected chi connectivity index (χ2v) is 9.41. The first-order chi connectivity index (χ1) is 16.2. The number of para-hydroxylation sites is 1. The van der Waals surface area contributed by atoms with E-state index in [9.17, 15) is 18.4 Å². The largest absolute Gasteiger partial charge is 0.436 e. The Morgan fingerprint density at radius 3 is 2.79 bits per heavy atom. The van der Waals surface area contributed by atoms with E-state index in [0.29, 0.717) is 24.4 Å². The molecule has 3 unspecified atom stereocenters. The molecule has 0 bridgehead atoms. The van der Waals surface area contributed by atoms with Gasteiger partial charge in [-0.25, -0.2) is 18.7 Å². The summed E-state index contributed by atoms with van der Waals surface area (Å²) in [5.41, 5.74) is -0.359. The average molecular weight is 498 g/mol. The van der Waals surface area contributed by atoms with Crippen molar-refractivity contribution in [1.29, 1.82) is 0 Å². The maximum absolute atomic E-state index is 14.7. The Hall–Kier alpha value is -2.46. The maximum Gasteiger partial charge on any atom is 0.350 e. The van der Waals surface area contributed by atoms with Gasteiger partial charge in [-0.3, -0.25) is 9.36 Å². The van der Waals surface area contributed by atoms with E-state index in [0.717, 1.165) is 11.0 Å². The molecule has 1 N–H and O–H groups in total. The maximum atomic E-state index is 14.7. The summed E-state index contributed by atoms with van der Waals surface area (Å²) in [6.07, 6.45) is -0.664. The zero-order valence-corrected chi connectivity index (χ0v) is 20.2. The standard InChI is InChI=1S/C22H29F2N4O5P/c1-16-10-12-28(21(30)25-16)20-22(23,24)13-19(32-20)14-31-34(33-18-7-5-4-6-8-18)26-17(2)9-11-27(3)15-29/h4-8,10,12,15,17,19-20,26H,9,11,13-14H2,1-3H3/t17?,19?,20?,34-/m0/s1. The highest BCUT2D eigenvalue weighted by Gasteiger charge is 2.52. The van der Waals surface area contributed by atoms with E-state index in [4.69, 9.17) is 13.8 Å². The highest BCUT2D eigenvalue weighted by Crippen LogP contribution is 2.44. The number of aryl methyl sites for hydroxylation is 1. The minimum atomic E-state index is -3.27. The third-order valence-electron chi connectivity index (χ3n) is 5.13. The quantitative estimate of drug-likeness (QED) is 0.355. The van der Waals surface area contributed by atoms with E-state index < -0.39 is 38.9 Å². The molecule has 9 nitrogen and oxygen atoms in total. The van der Waals surface area contributed by atoms with Gasteiger partial charge < -0.3 is 18.7 Å². The lowest BCUT2D eigenvalue weighted by molar-refractivity contribution is -0.119. The minimum absolute atomic E-state index is 0.0758. The number of alkyl halides is 2. The van der Waals surface area contributed by atoms with Crippen molar-refractivity contribution in [2.24, 2.45) is 0 Å². The molecule has 186 valence electrons. The van der Waals surface area contributed by atoms with Crippen molar-refractivity contribution in [2.75, 3.05) is 20.2 Å². The summed E-state index contributed by atoms with van der Waals surface area (Å²) < 4.78 is 47.4. The molecule has 2 heterocycles. The van der Waals surface area contributed by atoms with Gasteiger partial charge in [-0.15, -0.1) is 0 Å². The van der Waals surface area contributed by atoms with Crippen LogP contribution in [0.15, 0.2) is 47.4 Å². The highest BCUT2D eigenvalue weighted by molar-refractivity contribution is 7.45. The van der Waals surface area contributed by atoms with Crippen LogP contribution in [0.2, 0.25) is 0 Å². The fourth-order valence-electron chi connectivity index (χ4n) is 3.29. The van der Waals surface area contributed by atoms with Crippen LogP contribution in [0.3, 0.4) is 0 Å². The van der Waals surface area contributed by atoms with Gasteiger partial charge in [0.05, 0.1) is 12.7 Å². The van der Waals surface area contributed by atoms with Gasteiger partial charge in [-0.2, -0.15) is 4.98 Å². The van der Waals surface area contributed by atoms with Crippen LogP contribution in [0.1, 0.15) is 31.7 Å². The van der Waals surface area contributed by atoms with Gasteiger partial charge in [0.15, 0.2) is 0 Å². The summed E-state index contributed by atoms with van der Waals surface area (Å²) in [7, 11) is -0.0172. The van der Waals surface area contributed by atoms with Crippen molar-refractivity contribution in [1.82, 2.24) is 19.5 Å². The monoisotopic (exact) mass is 498 g/mol. The Labute approximate surface area is 198 Å². The van der Waals surface area contributed by atoms with Crippen molar-refractivity contribution in [3.63, 3.8) is 0 Å². The van der Waals surface area contributed by atoms with Gasteiger partial charge >= 0.3 is 14.2 Å². The number of nitrogens with zero attached hydrogens (tertiary/aromatic N) is 3. The molecule has 1 fully saturated rings. The first-order valence-corrected chi connectivity index (χ1v) is 12.0. The summed E-state index contributed by atoms with van der Waals surface area (Å²) in [5, 5.41) is 3.22. The molecular weight excluding hydrogens is 469 g/mol. The van der Waals surface area contributed by atoms with Gasteiger partial charge in [-0.05, 0) is 38.5 Å². The van der Waals surface area contributed by atoms with Crippen LogP contribution in [0, 0.1) is 6.92 Å². The lowest BCUT2D eigenvalue weighted by Crippen LogP contribution is -2.35.